The number of nitrogens with two attached hydrogens (primary N) is 1. The van der Waals surface area contributed by atoms with Crippen LogP contribution in [0.3, 0.4) is 0 Å². The van der Waals surface area contributed by atoms with Crippen molar-refractivity contribution >= 4 is 0 Å². The highest BCUT2D eigenvalue weighted by molar-refractivity contribution is 5.40. The molecule has 0 heterocycles. The van der Waals surface area contributed by atoms with Gasteiger partial charge in [0.05, 0.1) is 0 Å². The van der Waals surface area contributed by atoms with Crippen LogP contribution < -0.4 is 5.73 Å². The third kappa shape index (κ3) is 1.25. The Balaban J connectivity index is 2.48. The third-order valence-corrected chi connectivity index (χ3v) is 3.53. The van der Waals surface area contributed by atoms with E-state index in [4.69, 9.17) is 5.73 Å². The Kier molecular flexibility index (Phi) is 2.11. The molecule has 14 heavy (non-hydrogen) atoms. The monoisotopic (exact) mass is 193 g/mol. The minimum atomic E-state index is -0.141. The molecule has 0 spiro atoms. The Morgan fingerprint density at radius 3 is 2.86 bits per heavy atom. The van der Waals surface area contributed by atoms with Crippen molar-refractivity contribution in [3.05, 3.63) is 35.1 Å². The van der Waals surface area contributed by atoms with Crippen LogP contribution in [0.15, 0.2) is 18.2 Å². The van der Waals surface area contributed by atoms with Crippen molar-refractivity contribution in [3.63, 3.8) is 0 Å². The van der Waals surface area contributed by atoms with E-state index in [2.05, 4.69) is 13.8 Å². The van der Waals surface area contributed by atoms with Gasteiger partial charge in [0.2, 0.25) is 0 Å². The van der Waals surface area contributed by atoms with Gasteiger partial charge in [0.25, 0.3) is 0 Å². The largest absolute Gasteiger partial charge is 0.330 e. The molecular weight excluding hydrogens is 177 g/mol. The van der Waals surface area contributed by atoms with Gasteiger partial charge in [-0.2, -0.15) is 0 Å². The minimum Gasteiger partial charge on any atom is -0.330 e. The molecule has 0 fully saturated rings. The van der Waals surface area contributed by atoms with Gasteiger partial charge >= 0.3 is 0 Å². The first kappa shape index (κ1) is 9.66. The minimum absolute atomic E-state index is 0.0950. The fraction of sp³-hybridized carbons (Fsp3) is 0.500. The Bertz CT molecular complexity index is 357. The quantitative estimate of drug-likeness (QED) is 0.727. The lowest BCUT2D eigenvalue weighted by molar-refractivity contribution is 0.358. The van der Waals surface area contributed by atoms with Crippen LogP contribution in [0.4, 0.5) is 4.39 Å². The number of hydrogen-bond acceptors (Lipinski definition) is 1. The zero-order valence-electron chi connectivity index (χ0n) is 8.68. The summed E-state index contributed by atoms with van der Waals surface area (Å²) >= 11 is 0. The van der Waals surface area contributed by atoms with Gasteiger partial charge in [0.15, 0.2) is 0 Å². The van der Waals surface area contributed by atoms with E-state index in [9.17, 15) is 4.39 Å². The SMILES string of the molecule is CC1(C)c2ccc(F)cc2CC1CN. The summed E-state index contributed by atoms with van der Waals surface area (Å²) < 4.78 is 13.0. The Morgan fingerprint density at radius 2 is 2.21 bits per heavy atom. The molecule has 2 heteroatoms. The molecule has 1 nitrogen and oxygen atoms in total. The molecule has 1 atom stereocenters. The first-order valence-electron chi connectivity index (χ1n) is 5.04. The highest BCUT2D eigenvalue weighted by Crippen LogP contribution is 2.42. The molecular formula is C12H16FN. The summed E-state index contributed by atoms with van der Waals surface area (Å²) in [4.78, 5) is 0. The lowest BCUT2D eigenvalue weighted by Gasteiger charge is -2.27. The van der Waals surface area contributed by atoms with Crippen LogP contribution >= 0.6 is 0 Å². The van der Waals surface area contributed by atoms with Crippen LogP contribution in [0, 0.1) is 11.7 Å². The molecule has 1 aromatic carbocycles. The summed E-state index contributed by atoms with van der Waals surface area (Å²) in [6.45, 7) is 5.05. The summed E-state index contributed by atoms with van der Waals surface area (Å²) in [6, 6.07) is 5.09. The van der Waals surface area contributed by atoms with Crippen LogP contribution in [0.1, 0.15) is 25.0 Å². The first-order chi connectivity index (χ1) is 6.55. The lowest BCUT2D eigenvalue weighted by atomic mass is 9.79. The van der Waals surface area contributed by atoms with E-state index < -0.39 is 0 Å². The molecule has 2 rings (SSSR count). The van der Waals surface area contributed by atoms with Gasteiger partial charge in [0, 0.05) is 0 Å². The molecule has 1 unspecified atom stereocenters. The fourth-order valence-corrected chi connectivity index (χ4v) is 2.48. The van der Waals surface area contributed by atoms with Gasteiger partial charge in [0.1, 0.15) is 5.82 Å². The predicted molar refractivity (Wildman–Crippen MR) is 55.7 cm³/mol. The Labute approximate surface area is 84.1 Å². The normalized spacial score (nSPS) is 23.6. The van der Waals surface area contributed by atoms with E-state index in [1.165, 1.54) is 5.56 Å². The molecule has 1 aliphatic carbocycles. The van der Waals surface area contributed by atoms with E-state index in [0.717, 1.165) is 12.0 Å². The highest BCUT2D eigenvalue weighted by atomic mass is 19.1. The van der Waals surface area contributed by atoms with Crippen LogP contribution in [-0.4, -0.2) is 6.54 Å². The summed E-state index contributed by atoms with van der Waals surface area (Å²) in [5, 5.41) is 0. The summed E-state index contributed by atoms with van der Waals surface area (Å²) in [5.41, 5.74) is 8.22. The maximum Gasteiger partial charge on any atom is 0.123 e. The van der Waals surface area contributed by atoms with Gasteiger partial charge in [-0.05, 0) is 47.6 Å². The van der Waals surface area contributed by atoms with Gasteiger partial charge in [-0.3, -0.25) is 0 Å². The van der Waals surface area contributed by atoms with Crippen molar-refractivity contribution in [3.8, 4) is 0 Å². The van der Waals surface area contributed by atoms with Crippen LogP contribution in [0.2, 0.25) is 0 Å². The van der Waals surface area contributed by atoms with Crippen LogP contribution in [0.5, 0.6) is 0 Å². The molecule has 76 valence electrons. The van der Waals surface area contributed by atoms with Crippen molar-refractivity contribution in [2.45, 2.75) is 25.7 Å². The van der Waals surface area contributed by atoms with E-state index in [1.807, 2.05) is 6.07 Å². The van der Waals surface area contributed by atoms with E-state index in [1.54, 1.807) is 12.1 Å². The molecule has 0 amide bonds. The smallest absolute Gasteiger partial charge is 0.123 e. The van der Waals surface area contributed by atoms with E-state index in [-0.39, 0.29) is 11.2 Å². The molecule has 0 aromatic heterocycles. The standard InChI is InChI=1S/C12H16FN/c1-12(2)9(7-14)5-8-6-10(13)3-4-11(8)12/h3-4,6,9H,5,7,14H2,1-2H3. The van der Waals surface area contributed by atoms with Crippen molar-refractivity contribution in [1.29, 1.82) is 0 Å². The zero-order chi connectivity index (χ0) is 10.3. The Hall–Kier alpha value is -0.890. The van der Waals surface area contributed by atoms with Gasteiger partial charge in [-0.25, -0.2) is 4.39 Å². The number of hydrogen-bond donors (Lipinski definition) is 1. The maximum atomic E-state index is 13.0. The molecule has 2 N–H and O–H groups in total. The van der Waals surface area contributed by atoms with Gasteiger partial charge < -0.3 is 5.73 Å². The third-order valence-electron chi connectivity index (χ3n) is 3.53. The number of fused-ring (bicyclic) bond motifs is 1. The molecule has 1 aliphatic rings. The summed E-state index contributed by atoms with van der Waals surface area (Å²) in [7, 11) is 0. The topological polar surface area (TPSA) is 26.0 Å². The van der Waals surface area contributed by atoms with Crippen LogP contribution in [0.25, 0.3) is 0 Å². The zero-order valence-corrected chi connectivity index (χ0v) is 8.68. The van der Waals surface area contributed by atoms with E-state index in [0.29, 0.717) is 12.5 Å². The molecule has 0 radical (unpaired) electrons. The van der Waals surface area contributed by atoms with Crippen LogP contribution in [-0.2, 0) is 11.8 Å². The second-order valence-corrected chi connectivity index (χ2v) is 4.66. The number of halogens is 1. The fourth-order valence-electron chi connectivity index (χ4n) is 2.48. The average molecular weight is 193 g/mol. The van der Waals surface area contributed by atoms with Crippen molar-refractivity contribution in [2.75, 3.05) is 6.54 Å². The maximum absolute atomic E-state index is 13.0. The molecule has 1 aromatic rings. The van der Waals surface area contributed by atoms with Crippen molar-refractivity contribution in [2.24, 2.45) is 11.7 Å². The van der Waals surface area contributed by atoms with Crippen molar-refractivity contribution < 1.29 is 4.39 Å². The highest BCUT2D eigenvalue weighted by Gasteiger charge is 2.38. The molecule has 0 saturated heterocycles. The molecule has 0 saturated carbocycles. The molecule has 0 aliphatic heterocycles. The summed E-state index contributed by atoms with van der Waals surface area (Å²) in [5.74, 6) is 0.302. The second kappa shape index (κ2) is 3.06. The van der Waals surface area contributed by atoms with E-state index >= 15 is 0 Å². The van der Waals surface area contributed by atoms with Gasteiger partial charge in [-0.1, -0.05) is 19.9 Å². The summed E-state index contributed by atoms with van der Waals surface area (Å²) in [6.07, 6.45) is 0.913. The average Bonchev–Trinajstić information content (AvgIpc) is 2.37. The Morgan fingerprint density at radius 1 is 1.50 bits per heavy atom. The predicted octanol–water partition coefficient (Wildman–Crippen LogP) is 2.23. The first-order valence-corrected chi connectivity index (χ1v) is 5.04. The number of benzene rings is 1. The molecule has 0 bridgehead atoms. The lowest BCUT2D eigenvalue weighted by Crippen LogP contribution is -2.30. The second-order valence-electron chi connectivity index (χ2n) is 4.66. The number of rotatable bonds is 1. The van der Waals surface area contributed by atoms with Gasteiger partial charge in [-0.15, -0.1) is 0 Å². The van der Waals surface area contributed by atoms with Crippen molar-refractivity contribution in [1.82, 2.24) is 0 Å².